The van der Waals surface area contributed by atoms with Gasteiger partial charge in [0, 0.05) is 19.3 Å². The number of hydrogen-bond donors (Lipinski definition) is 0. The van der Waals surface area contributed by atoms with Crippen LogP contribution in [0.5, 0.6) is 0 Å². The maximum absolute atomic E-state index is 12.4. The molecule has 0 aromatic carbocycles. The van der Waals surface area contributed by atoms with E-state index in [2.05, 4.69) is 0 Å². The van der Waals surface area contributed by atoms with E-state index in [-0.39, 0.29) is 11.9 Å². The molecule has 1 amide bonds. The Morgan fingerprint density at radius 2 is 2.00 bits per heavy atom. The highest BCUT2D eigenvalue weighted by molar-refractivity contribution is 7.91. The Morgan fingerprint density at radius 3 is 2.55 bits per heavy atom. The minimum atomic E-state index is -3.15. The Labute approximate surface area is 128 Å². The molecule has 0 aliphatic heterocycles. The second-order valence-corrected chi connectivity index (χ2v) is 9.22. The quantitative estimate of drug-likeness (QED) is 0.853. The summed E-state index contributed by atoms with van der Waals surface area (Å²) in [4.78, 5) is 14.5. The molecule has 2 rings (SSSR count). The van der Waals surface area contributed by atoms with Crippen LogP contribution in [-0.4, -0.2) is 43.8 Å². The highest BCUT2D eigenvalue weighted by Crippen LogP contribution is 2.30. The van der Waals surface area contributed by atoms with Crippen molar-refractivity contribution in [2.45, 2.75) is 37.0 Å². The molecule has 1 fully saturated rings. The summed E-state index contributed by atoms with van der Waals surface area (Å²) in [5.41, 5.74) is 0. The summed E-state index contributed by atoms with van der Waals surface area (Å²) in [5.74, 6) is -0.151. The molecule has 2 unspecified atom stereocenters. The number of carbonyl (C=O) groups is 1. The van der Waals surface area contributed by atoms with Crippen LogP contribution in [0.4, 0.5) is 0 Å². The third-order valence-electron chi connectivity index (χ3n) is 3.82. The molecule has 2 atom stereocenters. The van der Waals surface area contributed by atoms with Gasteiger partial charge < -0.3 is 4.90 Å². The van der Waals surface area contributed by atoms with Gasteiger partial charge in [0.15, 0.2) is 9.84 Å². The fourth-order valence-electron chi connectivity index (χ4n) is 2.77. The van der Waals surface area contributed by atoms with Crippen LogP contribution in [0.1, 0.15) is 35.4 Å². The zero-order chi connectivity index (χ0) is 14.9. The Bertz CT molecular complexity index is 597. The first-order valence-electron chi connectivity index (χ1n) is 6.52. The monoisotopic (exact) mass is 335 g/mol. The predicted octanol–water partition coefficient (Wildman–Crippen LogP) is 2.83. The van der Waals surface area contributed by atoms with Crippen molar-refractivity contribution in [3.8, 4) is 0 Å². The second kappa shape index (κ2) is 6.03. The van der Waals surface area contributed by atoms with Gasteiger partial charge in [0.25, 0.3) is 5.91 Å². The van der Waals surface area contributed by atoms with Crippen LogP contribution in [0.3, 0.4) is 0 Å². The topological polar surface area (TPSA) is 54.5 Å². The molecule has 4 nitrogen and oxygen atoms in total. The van der Waals surface area contributed by atoms with E-state index in [9.17, 15) is 13.2 Å². The molecule has 0 radical (unpaired) electrons. The molecule has 1 aromatic heterocycles. The Morgan fingerprint density at radius 1 is 1.35 bits per heavy atom. The average molecular weight is 336 g/mol. The van der Waals surface area contributed by atoms with Crippen LogP contribution < -0.4 is 0 Å². The number of hydrogen-bond acceptors (Lipinski definition) is 4. The fraction of sp³-hybridized carbons (Fsp3) is 0.615. The normalized spacial score (nSPS) is 23.6. The van der Waals surface area contributed by atoms with E-state index >= 15 is 0 Å². The first-order valence-corrected chi connectivity index (χ1v) is 9.67. The van der Waals surface area contributed by atoms with Crippen molar-refractivity contribution in [3.05, 3.63) is 21.3 Å². The lowest BCUT2D eigenvalue weighted by Crippen LogP contribution is -2.49. The third kappa shape index (κ3) is 3.35. The summed E-state index contributed by atoms with van der Waals surface area (Å²) in [5, 5.41) is -0.458. The molecule has 1 aliphatic carbocycles. The van der Waals surface area contributed by atoms with Crippen LogP contribution in [0.15, 0.2) is 12.1 Å². The SMILES string of the molecule is CN(C(=O)c1ccc(Cl)s1)C1CCCCC1S(C)(=O)=O. The van der Waals surface area contributed by atoms with Crippen molar-refractivity contribution >= 4 is 38.7 Å². The lowest BCUT2D eigenvalue weighted by atomic mass is 9.93. The minimum absolute atomic E-state index is 0.151. The lowest BCUT2D eigenvalue weighted by Gasteiger charge is -2.36. The number of carbonyl (C=O) groups excluding carboxylic acids is 1. The molecule has 0 bridgehead atoms. The summed E-state index contributed by atoms with van der Waals surface area (Å²) in [6.45, 7) is 0. The largest absolute Gasteiger partial charge is 0.337 e. The maximum Gasteiger partial charge on any atom is 0.264 e. The molecule has 0 spiro atoms. The van der Waals surface area contributed by atoms with Gasteiger partial charge in [0.2, 0.25) is 0 Å². The van der Waals surface area contributed by atoms with E-state index in [1.54, 1.807) is 24.1 Å². The van der Waals surface area contributed by atoms with Crippen molar-refractivity contribution in [2.75, 3.05) is 13.3 Å². The molecule has 112 valence electrons. The molecule has 1 aromatic rings. The highest BCUT2D eigenvalue weighted by Gasteiger charge is 2.37. The smallest absolute Gasteiger partial charge is 0.264 e. The van der Waals surface area contributed by atoms with Gasteiger partial charge in [-0.05, 0) is 25.0 Å². The van der Waals surface area contributed by atoms with Crippen LogP contribution >= 0.6 is 22.9 Å². The third-order valence-corrected chi connectivity index (χ3v) is 6.69. The molecule has 0 saturated heterocycles. The second-order valence-electron chi connectivity index (χ2n) is 5.24. The number of rotatable bonds is 3. The molecule has 20 heavy (non-hydrogen) atoms. The van der Waals surface area contributed by atoms with Gasteiger partial charge in [-0.15, -0.1) is 11.3 Å². The predicted molar refractivity (Wildman–Crippen MR) is 82.3 cm³/mol. The van der Waals surface area contributed by atoms with E-state index < -0.39 is 15.1 Å². The number of sulfone groups is 1. The van der Waals surface area contributed by atoms with Gasteiger partial charge in [0.1, 0.15) is 0 Å². The van der Waals surface area contributed by atoms with E-state index in [4.69, 9.17) is 11.6 Å². The maximum atomic E-state index is 12.4. The van der Waals surface area contributed by atoms with Gasteiger partial charge in [-0.25, -0.2) is 8.42 Å². The molecule has 7 heteroatoms. The van der Waals surface area contributed by atoms with E-state index in [1.807, 2.05) is 0 Å². The van der Waals surface area contributed by atoms with Gasteiger partial charge in [0.05, 0.1) is 14.5 Å². The molecular formula is C13H18ClNO3S2. The first-order chi connectivity index (χ1) is 9.30. The highest BCUT2D eigenvalue weighted by atomic mass is 35.5. The zero-order valence-corrected chi connectivity index (χ0v) is 13.9. The van der Waals surface area contributed by atoms with Crippen molar-refractivity contribution in [2.24, 2.45) is 0 Å². The summed E-state index contributed by atoms with van der Waals surface area (Å²) < 4.78 is 24.4. The van der Waals surface area contributed by atoms with Crippen molar-refractivity contribution in [1.29, 1.82) is 0 Å². The number of halogens is 1. The lowest BCUT2D eigenvalue weighted by molar-refractivity contribution is 0.0705. The summed E-state index contributed by atoms with van der Waals surface area (Å²) in [7, 11) is -1.46. The first kappa shape index (κ1) is 15.8. The van der Waals surface area contributed by atoms with Crippen molar-refractivity contribution < 1.29 is 13.2 Å². The van der Waals surface area contributed by atoms with E-state index in [1.165, 1.54) is 17.6 Å². The molecule has 1 aliphatic rings. The number of nitrogens with zero attached hydrogens (tertiary/aromatic N) is 1. The molecular weight excluding hydrogens is 318 g/mol. The fourth-order valence-corrected chi connectivity index (χ4v) is 5.28. The van der Waals surface area contributed by atoms with Crippen LogP contribution in [-0.2, 0) is 9.84 Å². The summed E-state index contributed by atoms with van der Waals surface area (Å²) in [6.07, 6.45) is 4.49. The van der Waals surface area contributed by atoms with Crippen LogP contribution in [0.2, 0.25) is 4.34 Å². The van der Waals surface area contributed by atoms with Gasteiger partial charge >= 0.3 is 0 Å². The number of amides is 1. The van der Waals surface area contributed by atoms with Gasteiger partial charge in [-0.3, -0.25) is 4.79 Å². The van der Waals surface area contributed by atoms with E-state index in [0.29, 0.717) is 15.6 Å². The average Bonchev–Trinajstić information content (AvgIpc) is 2.83. The number of thiophene rings is 1. The van der Waals surface area contributed by atoms with Crippen molar-refractivity contribution in [1.82, 2.24) is 4.90 Å². The molecule has 1 saturated carbocycles. The van der Waals surface area contributed by atoms with E-state index in [0.717, 1.165) is 19.3 Å². The summed E-state index contributed by atoms with van der Waals surface area (Å²) in [6, 6.07) is 3.12. The summed E-state index contributed by atoms with van der Waals surface area (Å²) >= 11 is 7.07. The van der Waals surface area contributed by atoms with Crippen LogP contribution in [0.25, 0.3) is 0 Å². The van der Waals surface area contributed by atoms with Gasteiger partial charge in [-0.2, -0.15) is 0 Å². The molecule has 0 N–H and O–H groups in total. The van der Waals surface area contributed by atoms with Crippen LogP contribution in [0, 0.1) is 0 Å². The standard InChI is InChI=1S/C13H18ClNO3S2/c1-15(13(16)10-7-8-12(14)19-10)9-5-3-4-6-11(9)20(2,17)18/h7-9,11H,3-6H2,1-2H3. The Balaban J connectivity index is 2.21. The van der Waals surface area contributed by atoms with Gasteiger partial charge in [-0.1, -0.05) is 24.4 Å². The Hall–Kier alpha value is -0.590. The zero-order valence-electron chi connectivity index (χ0n) is 11.5. The van der Waals surface area contributed by atoms with Crippen molar-refractivity contribution in [3.63, 3.8) is 0 Å². The minimum Gasteiger partial charge on any atom is -0.337 e. The molecule has 1 heterocycles. The Kier molecular flexibility index (Phi) is 4.76.